The van der Waals surface area contributed by atoms with E-state index in [0.717, 1.165) is 0 Å². The summed E-state index contributed by atoms with van der Waals surface area (Å²) in [6, 6.07) is 0. The van der Waals surface area contributed by atoms with Gasteiger partial charge in [-0.05, 0) is 5.80 Å². The maximum absolute atomic E-state index is 9.34. The van der Waals surface area contributed by atoms with Gasteiger partial charge in [-0.15, -0.1) is 0 Å². The van der Waals surface area contributed by atoms with Gasteiger partial charge in [0.1, 0.15) is 0 Å². The van der Waals surface area contributed by atoms with E-state index in [1.165, 1.54) is 5.80 Å². The summed E-state index contributed by atoms with van der Waals surface area (Å²) in [5.41, 5.74) is 0. The van der Waals surface area contributed by atoms with Gasteiger partial charge in [0.05, 0.1) is 14.7 Å². The van der Waals surface area contributed by atoms with Crippen LogP contribution in [0.2, 0.25) is 0 Å². The van der Waals surface area contributed by atoms with Gasteiger partial charge in [-0.2, -0.15) is 0 Å². The Morgan fingerprint density at radius 2 is 2.00 bits per heavy atom. The molecule has 0 aromatic rings. The molecule has 0 aliphatic carbocycles. The van der Waals surface area contributed by atoms with Crippen molar-refractivity contribution in [3.8, 4) is 0 Å². The van der Waals surface area contributed by atoms with E-state index in [-0.39, 0.29) is 109 Å². The van der Waals surface area contributed by atoms with Crippen LogP contribution in [0.4, 0.5) is 0 Å². The van der Waals surface area contributed by atoms with E-state index in [1.54, 1.807) is 0 Å². The van der Waals surface area contributed by atoms with Crippen LogP contribution in [-0.4, -0.2) is 120 Å². The SMILES string of the molecule is O=[PH]=CCO.[KH].[KH]. The molecular formula is C2H7K2O2P. The minimum absolute atomic E-state index is 0. The van der Waals surface area contributed by atoms with Crippen molar-refractivity contribution in [3.05, 3.63) is 0 Å². The molecule has 0 rings (SSSR count). The molecule has 0 saturated carbocycles. The number of rotatable bonds is 1. The van der Waals surface area contributed by atoms with Crippen molar-refractivity contribution < 1.29 is 9.67 Å². The molecule has 1 N–H and O–H groups in total. The molecule has 0 saturated heterocycles. The van der Waals surface area contributed by atoms with E-state index in [0.29, 0.717) is 0 Å². The van der Waals surface area contributed by atoms with E-state index in [1.807, 2.05) is 0 Å². The zero-order valence-corrected chi connectivity index (χ0v) is 3.64. The van der Waals surface area contributed by atoms with Gasteiger partial charge in [0, 0.05) is 0 Å². The number of aliphatic hydroxyl groups excluding tert-OH is 1. The fourth-order valence-electron chi connectivity index (χ4n) is 0.0373. The van der Waals surface area contributed by atoms with E-state index in [4.69, 9.17) is 5.11 Å². The summed E-state index contributed by atoms with van der Waals surface area (Å²) in [5, 5.41) is 7.82. The van der Waals surface area contributed by atoms with Crippen molar-refractivity contribution in [1.82, 2.24) is 0 Å². The molecule has 34 valence electrons. The van der Waals surface area contributed by atoms with Gasteiger partial charge in [-0.1, -0.05) is 0 Å². The third-order valence-corrected chi connectivity index (χ3v) is 0.524. The Balaban J connectivity index is -0.0000000800. The molecule has 0 heterocycles. The van der Waals surface area contributed by atoms with Crippen molar-refractivity contribution in [2.75, 3.05) is 6.61 Å². The first-order valence-electron chi connectivity index (χ1n) is 1.22. The van der Waals surface area contributed by atoms with Crippen molar-refractivity contribution >= 4 is 117 Å². The summed E-state index contributed by atoms with van der Waals surface area (Å²) in [6.07, 6.45) is 0. The molecule has 7 heavy (non-hydrogen) atoms. The molecule has 2 nitrogen and oxygen atoms in total. The van der Waals surface area contributed by atoms with Crippen molar-refractivity contribution in [3.63, 3.8) is 0 Å². The van der Waals surface area contributed by atoms with Crippen LogP contribution in [0, 0.1) is 0 Å². The average Bonchev–Trinajstić information content (AvgIpc) is 1.41. The van der Waals surface area contributed by atoms with Gasteiger partial charge in [0.2, 0.25) is 0 Å². The van der Waals surface area contributed by atoms with Crippen LogP contribution in [0.1, 0.15) is 0 Å². The number of hydrogen-bond acceptors (Lipinski definition) is 2. The molecule has 0 aromatic carbocycles. The van der Waals surface area contributed by atoms with E-state index >= 15 is 0 Å². The third-order valence-electron chi connectivity index (χ3n) is 0.175. The Hall–Kier alpha value is 3.20. The Morgan fingerprint density at radius 3 is 2.00 bits per heavy atom. The molecule has 0 aromatic heterocycles. The summed E-state index contributed by atoms with van der Waals surface area (Å²) >= 11 is 0. The fourth-order valence-corrected chi connectivity index (χ4v) is 0.112. The van der Waals surface area contributed by atoms with Crippen molar-refractivity contribution in [2.45, 2.75) is 0 Å². The molecule has 1 atom stereocenters. The third kappa shape index (κ3) is 17.6. The standard InChI is InChI=1S/C2H5O2P.2K.2H/c3-1-2-5-4;;;;/h2-3,5H,1H2;;;;. The normalized spacial score (nSPS) is 5.86. The van der Waals surface area contributed by atoms with Gasteiger partial charge < -0.3 is 5.11 Å². The van der Waals surface area contributed by atoms with Gasteiger partial charge in [-0.3, -0.25) is 4.57 Å². The Kier molecular flexibility index (Phi) is 38.3. The summed E-state index contributed by atoms with van der Waals surface area (Å²) in [5.74, 6) is 1.28. The Labute approximate surface area is 129 Å². The quantitative estimate of drug-likeness (QED) is 0.386. The molecule has 0 aliphatic rings. The molecule has 0 spiro atoms. The van der Waals surface area contributed by atoms with Gasteiger partial charge >= 0.3 is 103 Å². The van der Waals surface area contributed by atoms with Crippen LogP contribution in [0.15, 0.2) is 0 Å². The topological polar surface area (TPSA) is 37.3 Å². The predicted octanol–water partition coefficient (Wildman–Crippen LogP) is -1.49. The molecule has 0 amide bonds. The fraction of sp³-hybridized carbons (Fsp3) is 0.500. The Morgan fingerprint density at radius 1 is 1.57 bits per heavy atom. The van der Waals surface area contributed by atoms with E-state index < -0.39 is 8.08 Å². The van der Waals surface area contributed by atoms with Crippen molar-refractivity contribution in [2.24, 2.45) is 0 Å². The van der Waals surface area contributed by atoms with Crippen LogP contribution < -0.4 is 0 Å². The van der Waals surface area contributed by atoms with Crippen LogP contribution in [-0.2, 0) is 4.57 Å². The monoisotopic (exact) mass is 172 g/mol. The maximum atomic E-state index is 9.34. The van der Waals surface area contributed by atoms with E-state index in [2.05, 4.69) is 0 Å². The zero-order valence-electron chi connectivity index (χ0n) is 2.64. The zero-order chi connectivity index (χ0) is 4.12. The second-order valence-electron chi connectivity index (χ2n) is 0.505. The minimum atomic E-state index is -0.467. The number of hydrogen-bond donors (Lipinski definition) is 1. The summed E-state index contributed by atoms with van der Waals surface area (Å²) in [6.45, 7) is -0.0814. The Bertz CT molecular complexity index is 60.7. The van der Waals surface area contributed by atoms with E-state index in [9.17, 15) is 4.57 Å². The molecule has 0 fully saturated rings. The van der Waals surface area contributed by atoms with Crippen LogP contribution in [0.5, 0.6) is 0 Å². The predicted molar refractivity (Wildman–Crippen MR) is 36.4 cm³/mol. The second kappa shape index (κ2) is 16.1. The average molecular weight is 172 g/mol. The second-order valence-corrected chi connectivity index (χ2v) is 1.15. The van der Waals surface area contributed by atoms with Crippen LogP contribution >= 0.6 is 8.08 Å². The summed E-state index contributed by atoms with van der Waals surface area (Å²) < 4.78 is 9.34. The molecule has 0 bridgehead atoms. The molecule has 0 radical (unpaired) electrons. The summed E-state index contributed by atoms with van der Waals surface area (Å²) in [4.78, 5) is 0. The molecule has 0 aliphatic heterocycles. The number of aliphatic hydroxyl groups is 1. The first-order valence-corrected chi connectivity index (χ1v) is 2.20. The molecule has 1 unspecified atom stereocenters. The van der Waals surface area contributed by atoms with Gasteiger partial charge in [0.15, 0.2) is 0 Å². The van der Waals surface area contributed by atoms with Gasteiger partial charge in [0.25, 0.3) is 0 Å². The molecule has 5 heteroatoms. The summed E-state index contributed by atoms with van der Waals surface area (Å²) in [7, 11) is -0.467. The molecular weight excluding hydrogens is 165 g/mol. The van der Waals surface area contributed by atoms with Crippen LogP contribution in [0.3, 0.4) is 0 Å². The first-order chi connectivity index (χ1) is 2.41. The first kappa shape index (κ1) is 16.7. The van der Waals surface area contributed by atoms with Gasteiger partial charge in [-0.25, -0.2) is 0 Å². The van der Waals surface area contributed by atoms with Crippen LogP contribution in [0.25, 0.3) is 0 Å². The van der Waals surface area contributed by atoms with Crippen molar-refractivity contribution in [1.29, 1.82) is 0 Å².